The zero-order valence-corrected chi connectivity index (χ0v) is 20.5. The maximum Gasteiger partial charge on any atom is 0.246 e. The molecule has 0 bridgehead atoms. The van der Waals surface area contributed by atoms with Gasteiger partial charge in [-0.3, -0.25) is 14.5 Å². The highest BCUT2D eigenvalue weighted by atomic mass is 127. The second-order valence-electron chi connectivity index (χ2n) is 7.57. The first-order valence-corrected chi connectivity index (χ1v) is 9.93. The number of rotatable bonds is 6. The summed E-state index contributed by atoms with van der Waals surface area (Å²) in [5.41, 5.74) is 2.15. The van der Waals surface area contributed by atoms with Crippen molar-refractivity contribution in [2.75, 3.05) is 52.2 Å². The molecule has 1 saturated heterocycles. The van der Waals surface area contributed by atoms with Gasteiger partial charge in [0.1, 0.15) is 6.54 Å². The molecule has 0 spiro atoms. The van der Waals surface area contributed by atoms with Crippen molar-refractivity contribution in [1.29, 1.82) is 0 Å². The zero-order valence-electron chi connectivity index (χ0n) is 18.2. The molecule has 2 heterocycles. The van der Waals surface area contributed by atoms with Gasteiger partial charge >= 0.3 is 0 Å². The van der Waals surface area contributed by atoms with Gasteiger partial charge in [-0.25, -0.2) is 0 Å². The van der Waals surface area contributed by atoms with E-state index in [0.717, 1.165) is 31.2 Å². The van der Waals surface area contributed by atoms with E-state index in [1.54, 1.807) is 22.8 Å². The highest BCUT2D eigenvalue weighted by Gasteiger charge is 2.28. The Bertz CT molecular complexity index is 837. The second-order valence-corrected chi connectivity index (χ2v) is 7.57. The highest BCUT2D eigenvalue weighted by Crippen LogP contribution is 2.16. The number of nitrogens with zero attached hydrogens (tertiary/aromatic N) is 6. The van der Waals surface area contributed by atoms with Crippen LogP contribution >= 0.6 is 24.0 Å². The lowest BCUT2D eigenvalue weighted by molar-refractivity contribution is -0.120. The average molecular weight is 525 g/mol. The van der Waals surface area contributed by atoms with Gasteiger partial charge in [0, 0.05) is 46.0 Å². The summed E-state index contributed by atoms with van der Waals surface area (Å²) < 4.78 is 1.71. The molecular formula is C21H32IN7O. The summed E-state index contributed by atoms with van der Waals surface area (Å²) >= 11 is 0. The van der Waals surface area contributed by atoms with Gasteiger partial charge in [-0.1, -0.05) is 30.3 Å². The lowest BCUT2D eigenvalue weighted by Gasteiger charge is -2.36. The minimum atomic E-state index is 0. The fraction of sp³-hybridized carbons (Fsp3) is 0.476. The number of amides is 1. The molecule has 0 saturated carbocycles. The predicted molar refractivity (Wildman–Crippen MR) is 132 cm³/mol. The van der Waals surface area contributed by atoms with Crippen LogP contribution in [0, 0.1) is 0 Å². The monoisotopic (exact) mass is 525 g/mol. The fourth-order valence-corrected chi connectivity index (χ4v) is 3.54. The summed E-state index contributed by atoms with van der Waals surface area (Å²) in [6, 6.07) is 10.8. The molecule has 0 radical (unpaired) electrons. The van der Waals surface area contributed by atoms with Crippen LogP contribution in [0.1, 0.15) is 5.56 Å². The van der Waals surface area contributed by atoms with Gasteiger partial charge in [-0.2, -0.15) is 5.10 Å². The number of halogens is 1. The number of hydrogen-bond donors (Lipinski definition) is 1. The number of aromatic nitrogens is 2. The smallest absolute Gasteiger partial charge is 0.246 e. The Kier molecular flexibility index (Phi) is 9.09. The van der Waals surface area contributed by atoms with Gasteiger partial charge in [0.25, 0.3) is 0 Å². The highest BCUT2D eigenvalue weighted by molar-refractivity contribution is 14.0. The Balaban J connectivity index is 0.00000320. The summed E-state index contributed by atoms with van der Waals surface area (Å²) in [6.45, 7) is 2.41. The maximum atomic E-state index is 12.7. The van der Waals surface area contributed by atoms with E-state index in [0.29, 0.717) is 19.1 Å². The minimum absolute atomic E-state index is 0. The number of aryl methyl sites for hydroxylation is 1. The number of anilines is 1. The van der Waals surface area contributed by atoms with E-state index in [2.05, 4.69) is 58.7 Å². The first kappa shape index (κ1) is 24.1. The van der Waals surface area contributed by atoms with E-state index in [1.807, 2.05) is 24.2 Å². The molecule has 1 N–H and O–H groups in total. The van der Waals surface area contributed by atoms with Gasteiger partial charge in [0.2, 0.25) is 5.91 Å². The Labute approximate surface area is 195 Å². The topological polar surface area (TPSA) is 69.0 Å². The van der Waals surface area contributed by atoms with Crippen LogP contribution in [0.25, 0.3) is 0 Å². The number of benzene rings is 1. The lowest BCUT2D eigenvalue weighted by Crippen LogP contribution is -2.56. The third-order valence-electron chi connectivity index (χ3n) is 5.28. The van der Waals surface area contributed by atoms with Gasteiger partial charge in [-0.05, 0) is 26.1 Å². The van der Waals surface area contributed by atoms with E-state index in [9.17, 15) is 4.79 Å². The molecule has 1 aromatic heterocycles. The summed E-state index contributed by atoms with van der Waals surface area (Å²) in [6.07, 6.45) is 4.54. The molecule has 9 heteroatoms. The van der Waals surface area contributed by atoms with Gasteiger partial charge in [0.05, 0.1) is 11.9 Å². The predicted octanol–water partition coefficient (Wildman–Crippen LogP) is 1.43. The van der Waals surface area contributed by atoms with Crippen molar-refractivity contribution in [2.45, 2.75) is 12.5 Å². The molecule has 8 nitrogen and oxygen atoms in total. The molecule has 164 valence electrons. The third kappa shape index (κ3) is 6.18. The molecule has 2 aromatic rings. The van der Waals surface area contributed by atoms with Crippen LogP contribution in [0.4, 0.5) is 5.69 Å². The number of nitrogens with one attached hydrogen (secondary N) is 1. The SMILES string of the molecule is CN=C(NCC(Cc1ccccc1)N(C)C)N1CCN(c2cnn(C)c2)C(=O)C1.I. The second kappa shape index (κ2) is 11.3. The van der Waals surface area contributed by atoms with Crippen LogP contribution in [0.5, 0.6) is 0 Å². The zero-order chi connectivity index (χ0) is 20.8. The van der Waals surface area contributed by atoms with Crippen molar-refractivity contribution in [3.8, 4) is 0 Å². The molecule has 3 rings (SSSR count). The van der Waals surface area contributed by atoms with Crippen molar-refractivity contribution in [2.24, 2.45) is 12.0 Å². The van der Waals surface area contributed by atoms with Crippen molar-refractivity contribution in [3.05, 3.63) is 48.3 Å². The molecule has 30 heavy (non-hydrogen) atoms. The first-order valence-electron chi connectivity index (χ1n) is 9.93. The number of carbonyl (C=O) groups is 1. The molecule has 1 atom stereocenters. The van der Waals surface area contributed by atoms with Gasteiger partial charge in [0.15, 0.2) is 5.96 Å². The summed E-state index contributed by atoms with van der Waals surface area (Å²) in [7, 11) is 7.80. The van der Waals surface area contributed by atoms with Crippen molar-refractivity contribution in [1.82, 2.24) is 24.9 Å². The number of piperazine rings is 1. The van der Waals surface area contributed by atoms with Crippen molar-refractivity contribution in [3.63, 3.8) is 0 Å². The summed E-state index contributed by atoms with van der Waals surface area (Å²) in [4.78, 5) is 23.1. The average Bonchev–Trinajstić information content (AvgIpc) is 3.14. The summed E-state index contributed by atoms with van der Waals surface area (Å²) in [5.74, 6) is 0.824. The third-order valence-corrected chi connectivity index (χ3v) is 5.28. The van der Waals surface area contributed by atoms with Gasteiger partial charge in [-0.15, -0.1) is 24.0 Å². The quantitative estimate of drug-likeness (QED) is 0.351. The Hall–Kier alpha value is -2.14. The number of aliphatic imine (C=N–C) groups is 1. The molecule has 1 amide bonds. The first-order chi connectivity index (χ1) is 14.0. The molecule has 1 fully saturated rings. The van der Waals surface area contributed by atoms with Crippen LogP contribution in [-0.4, -0.2) is 84.8 Å². The maximum absolute atomic E-state index is 12.7. The Morgan fingerprint density at radius 2 is 2.00 bits per heavy atom. The number of hydrogen-bond acceptors (Lipinski definition) is 4. The van der Waals surface area contributed by atoms with E-state index in [-0.39, 0.29) is 29.9 Å². The van der Waals surface area contributed by atoms with Gasteiger partial charge < -0.3 is 20.0 Å². The van der Waals surface area contributed by atoms with Crippen LogP contribution in [0.3, 0.4) is 0 Å². The van der Waals surface area contributed by atoms with Crippen LogP contribution in [0.15, 0.2) is 47.7 Å². The molecule has 1 aromatic carbocycles. The molecule has 1 unspecified atom stereocenters. The van der Waals surface area contributed by atoms with Crippen LogP contribution in [0.2, 0.25) is 0 Å². The minimum Gasteiger partial charge on any atom is -0.355 e. The van der Waals surface area contributed by atoms with E-state index in [1.165, 1.54) is 5.56 Å². The normalized spacial score (nSPS) is 15.9. The Morgan fingerprint density at radius 3 is 2.57 bits per heavy atom. The molecule has 0 aliphatic carbocycles. The Morgan fingerprint density at radius 1 is 1.27 bits per heavy atom. The largest absolute Gasteiger partial charge is 0.355 e. The molecule has 1 aliphatic heterocycles. The molecule has 1 aliphatic rings. The number of likely N-dealkylation sites (N-methyl/N-ethyl adjacent to an activating group) is 1. The number of guanidine groups is 1. The van der Waals surface area contributed by atoms with E-state index in [4.69, 9.17) is 0 Å². The number of carbonyl (C=O) groups excluding carboxylic acids is 1. The van der Waals surface area contributed by atoms with Crippen molar-refractivity contribution < 1.29 is 4.79 Å². The fourth-order valence-electron chi connectivity index (χ4n) is 3.54. The van der Waals surface area contributed by atoms with E-state index < -0.39 is 0 Å². The van der Waals surface area contributed by atoms with Crippen molar-refractivity contribution >= 4 is 41.5 Å². The standard InChI is InChI=1S/C21H31N7O.HI/c1-22-21(23-13-18(25(2)3)12-17-8-6-5-7-9-17)27-10-11-28(20(29)16-27)19-14-24-26(4)15-19;/h5-9,14-15,18H,10-13,16H2,1-4H3,(H,22,23);1H. The van der Waals surface area contributed by atoms with Crippen LogP contribution < -0.4 is 10.2 Å². The lowest BCUT2D eigenvalue weighted by atomic mass is 10.1. The molecular weight excluding hydrogens is 493 g/mol. The van der Waals surface area contributed by atoms with E-state index >= 15 is 0 Å². The van der Waals surface area contributed by atoms with Crippen LogP contribution in [-0.2, 0) is 18.3 Å². The summed E-state index contributed by atoms with van der Waals surface area (Å²) in [5, 5.41) is 7.63.